The number of esters is 1. The second-order valence-corrected chi connectivity index (χ2v) is 10.1. The summed E-state index contributed by atoms with van der Waals surface area (Å²) < 4.78 is 9.39. The van der Waals surface area contributed by atoms with Crippen molar-refractivity contribution in [3.63, 3.8) is 0 Å². The van der Waals surface area contributed by atoms with E-state index in [1.807, 2.05) is 4.90 Å². The van der Waals surface area contributed by atoms with Crippen molar-refractivity contribution < 1.29 is 9.53 Å². The molecule has 1 saturated heterocycles. The summed E-state index contributed by atoms with van der Waals surface area (Å²) in [5, 5.41) is 0. The van der Waals surface area contributed by atoms with Crippen molar-refractivity contribution in [2.75, 3.05) is 18.0 Å². The number of carbonyl (C=O) groups excluding carboxylic acids is 1. The third-order valence-corrected chi connectivity index (χ3v) is 6.78. The monoisotopic (exact) mass is 544 g/mol. The highest BCUT2D eigenvalue weighted by Crippen LogP contribution is 2.23. The van der Waals surface area contributed by atoms with Crippen LogP contribution < -0.4 is 21.9 Å². The number of aromatic nitrogens is 6. The molecule has 4 heterocycles. The van der Waals surface area contributed by atoms with E-state index in [0.717, 1.165) is 17.4 Å². The quantitative estimate of drug-likeness (QED) is 0.269. The van der Waals surface area contributed by atoms with Gasteiger partial charge in [0.15, 0.2) is 11.2 Å². The van der Waals surface area contributed by atoms with Gasteiger partial charge in [0, 0.05) is 31.5 Å². The summed E-state index contributed by atoms with van der Waals surface area (Å²) in [6.45, 7) is 6.18. The summed E-state index contributed by atoms with van der Waals surface area (Å²) in [7, 11) is 0. The first kappa shape index (κ1) is 27.1. The second kappa shape index (κ2) is 11.3. The van der Waals surface area contributed by atoms with Crippen molar-refractivity contribution in [2.45, 2.75) is 65.4 Å². The van der Waals surface area contributed by atoms with Crippen molar-refractivity contribution in [3.05, 3.63) is 57.0 Å². The number of carbonyl (C=O) groups is 1. The van der Waals surface area contributed by atoms with Crippen LogP contribution in [0.2, 0.25) is 0 Å². The summed E-state index contributed by atoms with van der Waals surface area (Å²) in [4.78, 5) is 56.0. The highest BCUT2D eigenvalue weighted by molar-refractivity contribution is 5.78. The number of piperidine rings is 1. The topological polar surface area (TPSA) is 143 Å². The van der Waals surface area contributed by atoms with Gasteiger partial charge in [-0.2, -0.15) is 4.98 Å². The molecule has 0 aliphatic carbocycles. The standard InChI is InChI=1S/C28H32N8O4/c1-4-5-13-34-24-25(32-27(34)33-12-6-7-20(29)16-33)35(17-23(37)40-18(2)3)28(39)36(26(24)38)15-19-8-9-21-22(14-19)31-11-10-30-21/h8-11,14,18,20H,6-7,12-13,15-17,29H2,1-3H3. The maximum absolute atomic E-state index is 14.0. The number of imidazole rings is 1. The summed E-state index contributed by atoms with van der Waals surface area (Å²) in [6.07, 6.45) is 4.57. The molecule has 208 valence electrons. The van der Waals surface area contributed by atoms with Gasteiger partial charge in [0.2, 0.25) is 5.95 Å². The van der Waals surface area contributed by atoms with E-state index in [1.54, 1.807) is 55.9 Å². The smallest absolute Gasteiger partial charge is 0.333 e. The normalized spacial score (nSPS) is 15.4. The van der Waals surface area contributed by atoms with Gasteiger partial charge in [-0.3, -0.25) is 33.3 Å². The molecule has 0 spiro atoms. The van der Waals surface area contributed by atoms with E-state index in [2.05, 4.69) is 21.8 Å². The van der Waals surface area contributed by atoms with Gasteiger partial charge in [0.25, 0.3) is 5.56 Å². The van der Waals surface area contributed by atoms with Gasteiger partial charge in [-0.05, 0) is 51.3 Å². The van der Waals surface area contributed by atoms with Gasteiger partial charge in [0.1, 0.15) is 6.54 Å². The van der Waals surface area contributed by atoms with Gasteiger partial charge in [-0.1, -0.05) is 12.0 Å². The minimum Gasteiger partial charge on any atom is -0.462 e. The van der Waals surface area contributed by atoms with Gasteiger partial charge in [0.05, 0.1) is 30.2 Å². The molecule has 12 nitrogen and oxygen atoms in total. The molecule has 1 aliphatic heterocycles. The Morgan fingerprint density at radius 1 is 1.15 bits per heavy atom. The second-order valence-electron chi connectivity index (χ2n) is 10.1. The molecule has 1 aromatic carbocycles. The fourth-order valence-electron chi connectivity index (χ4n) is 5.02. The van der Waals surface area contributed by atoms with Gasteiger partial charge in [-0.25, -0.2) is 4.79 Å². The lowest BCUT2D eigenvalue weighted by Gasteiger charge is -2.31. The van der Waals surface area contributed by atoms with Crippen LogP contribution in [-0.4, -0.2) is 59.9 Å². The minimum atomic E-state index is -0.662. The van der Waals surface area contributed by atoms with E-state index in [9.17, 15) is 14.4 Å². The van der Waals surface area contributed by atoms with E-state index in [-0.39, 0.29) is 36.4 Å². The number of rotatable bonds is 7. The lowest BCUT2D eigenvalue weighted by atomic mass is 10.1. The number of benzene rings is 1. The Morgan fingerprint density at radius 2 is 1.93 bits per heavy atom. The molecule has 1 unspecified atom stereocenters. The lowest BCUT2D eigenvalue weighted by molar-refractivity contribution is -0.148. The number of anilines is 1. The first-order valence-electron chi connectivity index (χ1n) is 13.3. The number of hydrogen-bond donors (Lipinski definition) is 1. The van der Waals surface area contributed by atoms with Crippen molar-refractivity contribution >= 4 is 34.1 Å². The van der Waals surface area contributed by atoms with Crippen LogP contribution in [-0.2, 0) is 29.2 Å². The Labute approximate surface area is 230 Å². The molecular weight excluding hydrogens is 512 g/mol. The number of ether oxygens (including phenoxy) is 1. The van der Waals surface area contributed by atoms with Crippen molar-refractivity contribution in [1.29, 1.82) is 0 Å². The Kier molecular flexibility index (Phi) is 7.66. The van der Waals surface area contributed by atoms with Crippen LogP contribution in [0.3, 0.4) is 0 Å². The molecule has 12 heteroatoms. The molecule has 0 radical (unpaired) electrons. The molecule has 40 heavy (non-hydrogen) atoms. The number of nitrogens with zero attached hydrogens (tertiary/aromatic N) is 7. The van der Waals surface area contributed by atoms with E-state index in [4.69, 9.17) is 15.5 Å². The fraction of sp³-hybridized carbons (Fsp3) is 0.429. The van der Waals surface area contributed by atoms with Crippen LogP contribution >= 0.6 is 0 Å². The van der Waals surface area contributed by atoms with Crippen LogP contribution in [0.5, 0.6) is 0 Å². The first-order chi connectivity index (χ1) is 19.3. The molecule has 1 aliphatic rings. The fourth-order valence-corrected chi connectivity index (χ4v) is 5.02. The van der Waals surface area contributed by atoms with Crippen molar-refractivity contribution in [2.24, 2.45) is 5.73 Å². The zero-order valence-corrected chi connectivity index (χ0v) is 22.8. The molecule has 2 N–H and O–H groups in total. The van der Waals surface area contributed by atoms with Crippen LogP contribution in [0.25, 0.3) is 22.2 Å². The summed E-state index contributed by atoms with van der Waals surface area (Å²) >= 11 is 0. The van der Waals surface area contributed by atoms with E-state index >= 15 is 0 Å². The predicted octanol–water partition coefficient (Wildman–Crippen LogP) is 1.25. The van der Waals surface area contributed by atoms with E-state index < -0.39 is 23.8 Å². The van der Waals surface area contributed by atoms with Crippen LogP contribution in [0.15, 0.2) is 40.2 Å². The Morgan fingerprint density at radius 3 is 2.65 bits per heavy atom. The summed E-state index contributed by atoms with van der Waals surface area (Å²) in [6, 6.07) is 5.33. The third-order valence-electron chi connectivity index (χ3n) is 6.78. The van der Waals surface area contributed by atoms with Crippen LogP contribution in [0.1, 0.15) is 39.2 Å². The molecule has 0 bridgehead atoms. The Hall–Kier alpha value is -4.50. The highest BCUT2D eigenvalue weighted by atomic mass is 16.5. The first-order valence-corrected chi connectivity index (χ1v) is 13.3. The van der Waals surface area contributed by atoms with Gasteiger partial charge >= 0.3 is 11.7 Å². The average Bonchev–Trinajstić information content (AvgIpc) is 3.31. The molecule has 1 atom stereocenters. The molecule has 0 saturated carbocycles. The van der Waals surface area contributed by atoms with Gasteiger partial charge in [-0.15, -0.1) is 5.92 Å². The Bertz CT molecular complexity index is 1760. The average molecular weight is 545 g/mol. The number of fused-ring (bicyclic) bond motifs is 2. The SMILES string of the molecule is CC#CCn1c(N2CCCC(N)C2)nc2c1c(=O)n(Cc1ccc3nccnc3c1)c(=O)n2CC(=O)OC(C)C. The van der Waals surface area contributed by atoms with Gasteiger partial charge < -0.3 is 15.4 Å². The lowest BCUT2D eigenvalue weighted by Crippen LogP contribution is -2.44. The largest absolute Gasteiger partial charge is 0.462 e. The van der Waals surface area contributed by atoms with E-state index in [0.29, 0.717) is 35.6 Å². The zero-order valence-electron chi connectivity index (χ0n) is 22.8. The third kappa shape index (κ3) is 5.33. The molecule has 0 amide bonds. The Balaban J connectivity index is 1.72. The zero-order chi connectivity index (χ0) is 28.4. The van der Waals surface area contributed by atoms with Crippen molar-refractivity contribution in [3.8, 4) is 11.8 Å². The van der Waals surface area contributed by atoms with E-state index in [1.165, 1.54) is 4.57 Å². The number of nitrogens with two attached hydrogens (primary N) is 1. The molecule has 4 aromatic rings. The maximum atomic E-state index is 14.0. The minimum absolute atomic E-state index is 0.0338. The highest BCUT2D eigenvalue weighted by Gasteiger charge is 2.27. The maximum Gasteiger partial charge on any atom is 0.333 e. The van der Waals surface area contributed by atoms with Crippen molar-refractivity contribution in [1.82, 2.24) is 28.7 Å². The summed E-state index contributed by atoms with van der Waals surface area (Å²) in [5.74, 6) is 5.79. The van der Waals surface area contributed by atoms with Crippen LogP contribution in [0.4, 0.5) is 5.95 Å². The molecule has 5 rings (SSSR count). The number of hydrogen-bond acceptors (Lipinski definition) is 9. The molecular formula is C28H32N8O4. The molecule has 1 fully saturated rings. The molecule has 3 aromatic heterocycles. The predicted molar refractivity (Wildman–Crippen MR) is 151 cm³/mol. The summed E-state index contributed by atoms with van der Waals surface area (Å²) in [5.41, 5.74) is 7.40. The van der Waals surface area contributed by atoms with Crippen LogP contribution in [0, 0.1) is 11.8 Å².